The van der Waals surface area contributed by atoms with Gasteiger partial charge in [0, 0.05) is 30.3 Å². The van der Waals surface area contributed by atoms with Gasteiger partial charge in [-0.05, 0) is 37.6 Å². The first-order chi connectivity index (χ1) is 10.5. The molecule has 0 radical (unpaired) electrons. The zero-order valence-corrected chi connectivity index (χ0v) is 13.4. The lowest BCUT2D eigenvalue weighted by atomic mass is 10.2. The lowest BCUT2D eigenvalue weighted by Gasteiger charge is -2.11. The van der Waals surface area contributed by atoms with Crippen LogP contribution in [0.5, 0.6) is 0 Å². The molecule has 22 heavy (non-hydrogen) atoms. The summed E-state index contributed by atoms with van der Waals surface area (Å²) in [6.45, 7) is 1.86. The number of benzene rings is 1. The van der Waals surface area contributed by atoms with Gasteiger partial charge in [0.05, 0.1) is 6.04 Å². The molecule has 1 atom stereocenters. The number of carbonyl (C=O) groups is 2. The molecule has 1 aromatic heterocycles. The number of hydrogen-bond donors (Lipinski definition) is 2. The molecule has 2 N–H and O–H groups in total. The predicted octanol–water partition coefficient (Wildman–Crippen LogP) is 3.18. The molecule has 1 heterocycles. The van der Waals surface area contributed by atoms with E-state index in [1.165, 1.54) is 0 Å². The molecule has 0 spiro atoms. The lowest BCUT2D eigenvalue weighted by Crippen LogP contribution is -2.26. The summed E-state index contributed by atoms with van der Waals surface area (Å²) in [7, 11) is 1.58. The Balaban J connectivity index is 1.91. The lowest BCUT2D eigenvalue weighted by molar-refractivity contribution is -0.122. The molecule has 0 aliphatic heterocycles. The average molecular weight is 323 g/mol. The van der Waals surface area contributed by atoms with Gasteiger partial charge in [0.1, 0.15) is 11.3 Å². The minimum Gasteiger partial charge on any atom is -0.459 e. The van der Waals surface area contributed by atoms with Crippen LogP contribution < -0.4 is 10.6 Å². The normalized spacial score (nSPS) is 12.1. The van der Waals surface area contributed by atoms with Gasteiger partial charge >= 0.3 is 0 Å². The number of nitrogens with one attached hydrogen (secondary N) is 2. The van der Waals surface area contributed by atoms with Crippen LogP contribution in [0, 0.1) is 0 Å². The molecule has 0 aliphatic carbocycles. The number of carbonyl (C=O) groups excluding carboxylic acids is 2. The third-order valence-electron chi connectivity index (χ3n) is 3.39. The number of furan rings is 1. The number of amides is 2. The summed E-state index contributed by atoms with van der Waals surface area (Å²) >= 11 is 5.94. The van der Waals surface area contributed by atoms with Crippen molar-refractivity contribution in [2.24, 2.45) is 0 Å². The minimum atomic E-state index is -0.237. The average Bonchev–Trinajstić information content (AvgIpc) is 2.90. The van der Waals surface area contributed by atoms with Gasteiger partial charge in [-0.25, -0.2) is 0 Å². The van der Waals surface area contributed by atoms with Crippen LogP contribution >= 0.6 is 11.6 Å². The molecule has 0 unspecified atom stereocenters. The SMILES string of the molecule is CNC(=O)CCCC(=O)N[C@H](C)c1cc2cc(Cl)ccc2o1. The zero-order valence-electron chi connectivity index (χ0n) is 12.6. The summed E-state index contributed by atoms with van der Waals surface area (Å²) in [5.74, 6) is 0.516. The standard InChI is InChI=1S/C16H19ClN2O3/c1-10(19-16(21)5-3-4-15(20)18-2)14-9-11-8-12(17)6-7-13(11)22-14/h6-10H,3-5H2,1-2H3,(H,18,20)(H,19,21)/t10-/m1/s1. The summed E-state index contributed by atoms with van der Waals surface area (Å²) in [6.07, 6.45) is 1.18. The molecule has 2 rings (SSSR count). The van der Waals surface area contributed by atoms with E-state index < -0.39 is 0 Å². The highest BCUT2D eigenvalue weighted by Gasteiger charge is 2.14. The van der Waals surface area contributed by atoms with E-state index in [0.29, 0.717) is 30.0 Å². The molecule has 0 fully saturated rings. The van der Waals surface area contributed by atoms with E-state index in [1.807, 2.05) is 19.1 Å². The largest absolute Gasteiger partial charge is 0.459 e. The second-order valence-corrected chi connectivity index (χ2v) is 5.58. The van der Waals surface area contributed by atoms with E-state index >= 15 is 0 Å². The second-order valence-electron chi connectivity index (χ2n) is 5.15. The fraction of sp³-hybridized carbons (Fsp3) is 0.375. The molecule has 6 heteroatoms. The first-order valence-electron chi connectivity index (χ1n) is 7.18. The number of rotatable bonds is 6. The van der Waals surface area contributed by atoms with Gasteiger partial charge in [-0.3, -0.25) is 9.59 Å². The topological polar surface area (TPSA) is 71.3 Å². The predicted molar refractivity (Wildman–Crippen MR) is 85.7 cm³/mol. The highest BCUT2D eigenvalue weighted by Crippen LogP contribution is 2.26. The van der Waals surface area contributed by atoms with Crippen molar-refractivity contribution in [1.29, 1.82) is 0 Å². The first kappa shape index (κ1) is 16.4. The molecule has 1 aromatic carbocycles. The van der Waals surface area contributed by atoms with E-state index in [0.717, 1.165) is 11.0 Å². The van der Waals surface area contributed by atoms with Crippen molar-refractivity contribution in [3.63, 3.8) is 0 Å². The maximum atomic E-state index is 11.9. The van der Waals surface area contributed by atoms with E-state index in [1.54, 1.807) is 19.2 Å². The molecular weight excluding hydrogens is 304 g/mol. The molecule has 5 nitrogen and oxygen atoms in total. The van der Waals surface area contributed by atoms with Gasteiger partial charge in [-0.1, -0.05) is 11.6 Å². The first-order valence-corrected chi connectivity index (χ1v) is 7.56. The fourth-order valence-corrected chi connectivity index (χ4v) is 2.35. The molecule has 0 saturated heterocycles. The third-order valence-corrected chi connectivity index (χ3v) is 3.62. The third kappa shape index (κ3) is 4.24. The van der Waals surface area contributed by atoms with Crippen molar-refractivity contribution in [3.8, 4) is 0 Å². The monoisotopic (exact) mass is 322 g/mol. The van der Waals surface area contributed by atoms with Gasteiger partial charge in [-0.15, -0.1) is 0 Å². The van der Waals surface area contributed by atoms with Crippen LogP contribution in [0.4, 0.5) is 0 Å². The smallest absolute Gasteiger partial charge is 0.220 e. The second kappa shape index (κ2) is 7.31. The Morgan fingerprint density at radius 1 is 1.23 bits per heavy atom. The van der Waals surface area contributed by atoms with Gasteiger partial charge in [0.25, 0.3) is 0 Å². The highest BCUT2D eigenvalue weighted by atomic mass is 35.5. The zero-order chi connectivity index (χ0) is 16.1. The molecule has 2 amide bonds. The quantitative estimate of drug-likeness (QED) is 0.858. The van der Waals surface area contributed by atoms with Crippen molar-refractivity contribution < 1.29 is 14.0 Å². The molecule has 2 aromatic rings. The Morgan fingerprint density at radius 2 is 1.95 bits per heavy atom. The number of halogens is 1. The number of fused-ring (bicyclic) bond motifs is 1. The van der Waals surface area contributed by atoms with Crippen LogP contribution in [-0.2, 0) is 9.59 Å². The molecule has 0 aliphatic rings. The van der Waals surface area contributed by atoms with Crippen molar-refractivity contribution >= 4 is 34.4 Å². The Morgan fingerprint density at radius 3 is 2.68 bits per heavy atom. The highest BCUT2D eigenvalue weighted by molar-refractivity contribution is 6.31. The van der Waals surface area contributed by atoms with Gasteiger partial charge in [-0.2, -0.15) is 0 Å². The molecular formula is C16H19ClN2O3. The summed E-state index contributed by atoms with van der Waals surface area (Å²) in [4.78, 5) is 23.0. The molecule has 0 bridgehead atoms. The van der Waals surface area contributed by atoms with E-state index in [-0.39, 0.29) is 17.9 Å². The molecule has 0 saturated carbocycles. The van der Waals surface area contributed by atoms with Gasteiger partial charge in [0.2, 0.25) is 11.8 Å². The molecule has 118 valence electrons. The van der Waals surface area contributed by atoms with E-state index in [4.69, 9.17) is 16.0 Å². The Kier molecular flexibility index (Phi) is 5.44. The van der Waals surface area contributed by atoms with E-state index in [2.05, 4.69) is 10.6 Å². The van der Waals surface area contributed by atoms with Gasteiger partial charge < -0.3 is 15.1 Å². The van der Waals surface area contributed by atoms with Crippen LogP contribution in [-0.4, -0.2) is 18.9 Å². The minimum absolute atomic E-state index is 0.0602. The number of hydrogen-bond acceptors (Lipinski definition) is 3. The van der Waals surface area contributed by atoms with Crippen LogP contribution in [0.1, 0.15) is 38.0 Å². The summed E-state index contributed by atoms with van der Waals surface area (Å²) in [5, 5.41) is 6.94. The van der Waals surface area contributed by atoms with Crippen LogP contribution in [0.2, 0.25) is 5.02 Å². The van der Waals surface area contributed by atoms with Crippen molar-refractivity contribution in [2.45, 2.75) is 32.2 Å². The van der Waals surface area contributed by atoms with Crippen molar-refractivity contribution in [1.82, 2.24) is 10.6 Å². The Labute approximate surface area is 134 Å². The van der Waals surface area contributed by atoms with Crippen molar-refractivity contribution in [2.75, 3.05) is 7.05 Å². The maximum absolute atomic E-state index is 11.9. The fourth-order valence-electron chi connectivity index (χ4n) is 2.17. The summed E-state index contributed by atoms with van der Waals surface area (Å²) in [6, 6.07) is 7.02. The van der Waals surface area contributed by atoms with Crippen molar-refractivity contribution in [3.05, 3.63) is 35.0 Å². The maximum Gasteiger partial charge on any atom is 0.220 e. The summed E-state index contributed by atoms with van der Waals surface area (Å²) in [5.41, 5.74) is 0.736. The van der Waals surface area contributed by atoms with E-state index in [9.17, 15) is 9.59 Å². The Bertz CT molecular complexity index is 681. The summed E-state index contributed by atoms with van der Waals surface area (Å²) < 4.78 is 5.71. The van der Waals surface area contributed by atoms with Crippen LogP contribution in [0.25, 0.3) is 11.0 Å². The van der Waals surface area contributed by atoms with Crippen LogP contribution in [0.15, 0.2) is 28.7 Å². The van der Waals surface area contributed by atoms with Crippen LogP contribution in [0.3, 0.4) is 0 Å². The van der Waals surface area contributed by atoms with Gasteiger partial charge in [0.15, 0.2) is 0 Å². The Hall–Kier alpha value is -2.01.